The number of primary amides is 1. The number of rotatable bonds is 5. The molecule has 1 aromatic carbocycles. The van der Waals surface area contributed by atoms with Crippen LogP contribution in [0, 0.1) is 5.92 Å². The number of benzene rings is 1. The minimum absolute atomic E-state index is 0.120. The maximum Gasteiger partial charge on any atom is 0.250 e. The maximum absolute atomic E-state index is 11.3. The molecule has 0 bridgehead atoms. The Kier molecular flexibility index (Phi) is 4.96. The molecule has 4 nitrogen and oxygen atoms in total. The molecule has 0 fully saturated rings. The van der Waals surface area contributed by atoms with E-state index in [1.54, 1.807) is 6.07 Å². The molecule has 0 aromatic heterocycles. The molecule has 1 atom stereocenters. The molecule has 0 radical (unpaired) electrons. The molecule has 94 valence electrons. The topological polar surface area (TPSA) is 81.1 Å². The van der Waals surface area contributed by atoms with Gasteiger partial charge in [-0.25, -0.2) is 0 Å². The quantitative estimate of drug-likeness (QED) is 0.777. The first-order chi connectivity index (χ1) is 7.95. The van der Waals surface area contributed by atoms with Crippen LogP contribution < -0.4 is 16.8 Å². The average Bonchev–Trinajstić information content (AvgIpc) is 2.26. The van der Waals surface area contributed by atoms with Crippen LogP contribution in [0.3, 0.4) is 0 Å². The van der Waals surface area contributed by atoms with Crippen LogP contribution in [-0.2, 0) is 0 Å². The third kappa shape index (κ3) is 3.71. The summed E-state index contributed by atoms with van der Waals surface area (Å²) in [5.41, 5.74) is 12.2. The van der Waals surface area contributed by atoms with E-state index in [4.69, 9.17) is 11.5 Å². The van der Waals surface area contributed by atoms with Crippen LogP contribution in [0.15, 0.2) is 22.7 Å². The molecule has 0 saturated heterocycles. The summed E-state index contributed by atoms with van der Waals surface area (Å²) in [4.78, 5) is 11.3. The lowest BCUT2D eigenvalue weighted by molar-refractivity contribution is 0.100. The zero-order valence-electron chi connectivity index (χ0n) is 10.0. The monoisotopic (exact) mass is 299 g/mol. The van der Waals surface area contributed by atoms with Crippen molar-refractivity contribution in [3.05, 3.63) is 28.2 Å². The lowest BCUT2D eigenvalue weighted by Crippen LogP contribution is -2.34. The molecule has 0 saturated carbocycles. The molecule has 0 spiro atoms. The van der Waals surface area contributed by atoms with Gasteiger partial charge in [0.1, 0.15) is 0 Å². The number of hydrogen-bond donors (Lipinski definition) is 3. The van der Waals surface area contributed by atoms with Crippen molar-refractivity contribution in [2.45, 2.75) is 19.9 Å². The highest BCUT2D eigenvalue weighted by Gasteiger charge is 2.15. The second-order valence-electron chi connectivity index (χ2n) is 4.28. The van der Waals surface area contributed by atoms with Gasteiger partial charge < -0.3 is 16.8 Å². The van der Waals surface area contributed by atoms with Crippen LogP contribution in [0.25, 0.3) is 0 Å². The molecule has 5 N–H and O–H groups in total. The van der Waals surface area contributed by atoms with Crippen LogP contribution >= 0.6 is 15.9 Å². The number of nitrogens with one attached hydrogen (secondary N) is 1. The van der Waals surface area contributed by atoms with Gasteiger partial charge in [-0.15, -0.1) is 0 Å². The van der Waals surface area contributed by atoms with Crippen LogP contribution in [-0.4, -0.2) is 18.5 Å². The second-order valence-corrected chi connectivity index (χ2v) is 5.20. The number of hydrogen-bond acceptors (Lipinski definition) is 3. The van der Waals surface area contributed by atoms with E-state index >= 15 is 0 Å². The largest absolute Gasteiger partial charge is 0.380 e. The van der Waals surface area contributed by atoms with E-state index in [0.717, 1.165) is 10.2 Å². The highest BCUT2D eigenvalue weighted by Crippen LogP contribution is 2.22. The van der Waals surface area contributed by atoms with Gasteiger partial charge in [-0.2, -0.15) is 0 Å². The van der Waals surface area contributed by atoms with E-state index in [1.165, 1.54) is 0 Å². The summed E-state index contributed by atoms with van der Waals surface area (Å²) in [5.74, 6) is -0.0716. The number of carbonyl (C=O) groups is 1. The van der Waals surface area contributed by atoms with Crippen molar-refractivity contribution in [2.75, 3.05) is 11.9 Å². The zero-order chi connectivity index (χ0) is 13.0. The molecule has 1 amide bonds. The van der Waals surface area contributed by atoms with E-state index in [0.29, 0.717) is 18.0 Å². The first kappa shape index (κ1) is 14.0. The first-order valence-corrected chi connectivity index (χ1v) is 6.31. The van der Waals surface area contributed by atoms with Gasteiger partial charge in [-0.1, -0.05) is 29.8 Å². The highest BCUT2D eigenvalue weighted by molar-refractivity contribution is 9.10. The summed E-state index contributed by atoms with van der Waals surface area (Å²) in [6.45, 7) is 4.66. The van der Waals surface area contributed by atoms with Gasteiger partial charge >= 0.3 is 0 Å². The Bertz CT molecular complexity index is 407. The Labute approximate surface area is 110 Å². The van der Waals surface area contributed by atoms with Crippen molar-refractivity contribution in [1.29, 1.82) is 0 Å². The molecule has 0 aliphatic heterocycles. The number of halogens is 1. The molecule has 0 heterocycles. The normalized spacial score (nSPS) is 12.5. The Morgan fingerprint density at radius 1 is 1.47 bits per heavy atom. The van der Waals surface area contributed by atoms with Crippen molar-refractivity contribution in [3.8, 4) is 0 Å². The Morgan fingerprint density at radius 3 is 2.59 bits per heavy atom. The third-order valence-corrected chi connectivity index (χ3v) is 3.14. The lowest BCUT2D eigenvalue weighted by atomic mass is 10.0. The van der Waals surface area contributed by atoms with Gasteiger partial charge in [0.15, 0.2) is 0 Å². The highest BCUT2D eigenvalue weighted by atomic mass is 79.9. The zero-order valence-corrected chi connectivity index (χ0v) is 11.6. The average molecular weight is 300 g/mol. The van der Waals surface area contributed by atoms with Crippen molar-refractivity contribution < 1.29 is 4.79 Å². The smallest absolute Gasteiger partial charge is 0.250 e. The minimum atomic E-state index is -0.451. The van der Waals surface area contributed by atoms with Crippen molar-refractivity contribution in [2.24, 2.45) is 17.4 Å². The van der Waals surface area contributed by atoms with E-state index in [1.807, 2.05) is 12.1 Å². The molecule has 1 unspecified atom stereocenters. The summed E-state index contributed by atoms with van der Waals surface area (Å²) < 4.78 is 0.825. The van der Waals surface area contributed by atoms with Gasteiger partial charge in [0.2, 0.25) is 0 Å². The van der Waals surface area contributed by atoms with Crippen molar-refractivity contribution in [1.82, 2.24) is 0 Å². The molecular weight excluding hydrogens is 282 g/mol. The number of nitrogens with two attached hydrogens (primary N) is 2. The van der Waals surface area contributed by atoms with E-state index in [2.05, 4.69) is 35.1 Å². The van der Waals surface area contributed by atoms with E-state index in [-0.39, 0.29) is 6.04 Å². The fraction of sp³-hybridized carbons (Fsp3) is 0.417. The van der Waals surface area contributed by atoms with Gasteiger partial charge in [0.25, 0.3) is 5.91 Å². The van der Waals surface area contributed by atoms with E-state index < -0.39 is 5.91 Å². The van der Waals surface area contributed by atoms with Crippen LogP contribution in [0.2, 0.25) is 0 Å². The maximum atomic E-state index is 11.3. The van der Waals surface area contributed by atoms with Crippen LogP contribution in [0.4, 0.5) is 5.69 Å². The van der Waals surface area contributed by atoms with Crippen LogP contribution in [0.5, 0.6) is 0 Å². The number of anilines is 1. The fourth-order valence-electron chi connectivity index (χ4n) is 1.54. The first-order valence-electron chi connectivity index (χ1n) is 5.51. The summed E-state index contributed by atoms with van der Waals surface area (Å²) >= 11 is 3.32. The minimum Gasteiger partial charge on any atom is -0.380 e. The Morgan fingerprint density at radius 2 is 2.12 bits per heavy atom. The molecule has 17 heavy (non-hydrogen) atoms. The SMILES string of the molecule is CC(C)C(CN)Nc1ccc(Br)cc1C(N)=O. The number of carbonyl (C=O) groups excluding carboxylic acids is 1. The standard InChI is InChI=1S/C12H18BrN3O/c1-7(2)11(6-14)16-10-4-3-8(13)5-9(10)12(15)17/h3-5,7,11,16H,6,14H2,1-2H3,(H2,15,17). The fourth-order valence-corrected chi connectivity index (χ4v) is 1.90. The molecule has 1 rings (SSSR count). The number of amides is 1. The molecule has 5 heteroatoms. The van der Waals surface area contributed by atoms with Crippen molar-refractivity contribution >= 4 is 27.5 Å². The summed E-state index contributed by atoms with van der Waals surface area (Å²) in [6, 6.07) is 5.52. The molecular formula is C12H18BrN3O. The third-order valence-electron chi connectivity index (χ3n) is 2.65. The van der Waals surface area contributed by atoms with Crippen molar-refractivity contribution in [3.63, 3.8) is 0 Å². The van der Waals surface area contributed by atoms with Gasteiger partial charge in [0, 0.05) is 22.7 Å². The van der Waals surface area contributed by atoms with Gasteiger partial charge in [0.05, 0.1) is 5.56 Å². The van der Waals surface area contributed by atoms with E-state index in [9.17, 15) is 4.79 Å². The molecule has 0 aliphatic rings. The summed E-state index contributed by atoms with van der Waals surface area (Å²) in [7, 11) is 0. The van der Waals surface area contributed by atoms with Crippen LogP contribution in [0.1, 0.15) is 24.2 Å². The predicted molar refractivity (Wildman–Crippen MR) is 74.0 cm³/mol. The second kappa shape index (κ2) is 6.02. The Hall–Kier alpha value is -1.07. The van der Waals surface area contributed by atoms with Gasteiger partial charge in [-0.05, 0) is 24.1 Å². The summed E-state index contributed by atoms with van der Waals surface area (Å²) in [6.07, 6.45) is 0. The summed E-state index contributed by atoms with van der Waals surface area (Å²) in [5, 5.41) is 3.26. The predicted octanol–water partition coefficient (Wildman–Crippen LogP) is 1.94. The molecule has 0 aliphatic carbocycles. The van der Waals surface area contributed by atoms with Gasteiger partial charge in [-0.3, -0.25) is 4.79 Å². The molecule has 1 aromatic rings. The lowest BCUT2D eigenvalue weighted by Gasteiger charge is -2.23. The Balaban J connectivity index is 3.01.